The summed E-state index contributed by atoms with van der Waals surface area (Å²) in [5, 5.41) is 3.78. The first-order valence-corrected chi connectivity index (χ1v) is 10.7. The van der Waals surface area contributed by atoms with Crippen LogP contribution in [0, 0.1) is 0 Å². The van der Waals surface area contributed by atoms with Crippen molar-refractivity contribution < 1.29 is 4.79 Å². The van der Waals surface area contributed by atoms with E-state index in [0.29, 0.717) is 19.6 Å². The average molecular weight is 420 g/mol. The maximum atomic E-state index is 12.6. The van der Waals surface area contributed by atoms with Crippen LogP contribution >= 0.6 is 11.6 Å². The molecule has 4 nitrogen and oxygen atoms in total. The van der Waals surface area contributed by atoms with Crippen molar-refractivity contribution in [2.75, 3.05) is 26.2 Å². The predicted octanol–water partition coefficient (Wildman–Crippen LogP) is 4.96. The van der Waals surface area contributed by atoms with E-state index in [-0.39, 0.29) is 12.1 Å². The molecule has 1 aliphatic heterocycles. The van der Waals surface area contributed by atoms with Crippen molar-refractivity contribution in [1.29, 1.82) is 0 Å². The number of carbonyl (C=O) groups is 1. The third-order valence-corrected chi connectivity index (χ3v) is 5.81. The van der Waals surface area contributed by atoms with Crippen LogP contribution < -0.4 is 5.32 Å². The highest BCUT2D eigenvalue weighted by molar-refractivity contribution is 6.30. The summed E-state index contributed by atoms with van der Waals surface area (Å²) < 4.78 is 0. The van der Waals surface area contributed by atoms with Gasteiger partial charge in [0, 0.05) is 37.7 Å². The van der Waals surface area contributed by atoms with Crippen LogP contribution in [-0.2, 0) is 6.54 Å². The van der Waals surface area contributed by atoms with Crippen LogP contribution in [0.2, 0.25) is 5.02 Å². The standard InChI is InChI=1S/C25H26ClN3O/c26-23-13-11-22(12-14-23)24(21-9-5-2-6-10-21)28-15-17-29(18-16-28)25(30)27-19-20-7-3-1-4-8-20/h1-14,24H,15-19H2,(H,27,30)/t24-/m1/s1. The van der Waals surface area contributed by atoms with Crippen LogP contribution in [-0.4, -0.2) is 42.0 Å². The van der Waals surface area contributed by atoms with Crippen LogP contribution in [0.5, 0.6) is 0 Å². The zero-order valence-corrected chi connectivity index (χ0v) is 17.6. The molecule has 30 heavy (non-hydrogen) atoms. The van der Waals surface area contributed by atoms with Gasteiger partial charge in [0.05, 0.1) is 6.04 Å². The molecule has 0 unspecified atom stereocenters. The minimum absolute atomic E-state index is 0.00116. The molecule has 1 aliphatic rings. The zero-order valence-electron chi connectivity index (χ0n) is 16.9. The van der Waals surface area contributed by atoms with Crippen molar-refractivity contribution >= 4 is 17.6 Å². The highest BCUT2D eigenvalue weighted by atomic mass is 35.5. The van der Waals surface area contributed by atoms with Gasteiger partial charge in [-0.25, -0.2) is 4.79 Å². The highest BCUT2D eigenvalue weighted by Crippen LogP contribution is 2.30. The average Bonchev–Trinajstić information content (AvgIpc) is 2.81. The number of nitrogens with zero attached hydrogens (tertiary/aromatic N) is 2. The smallest absolute Gasteiger partial charge is 0.317 e. The fourth-order valence-corrected chi connectivity index (χ4v) is 4.09. The summed E-state index contributed by atoms with van der Waals surface area (Å²) in [4.78, 5) is 17.0. The summed E-state index contributed by atoms with van der Waals surface area (Å²) in [6.07, 6.45) is 0. The largest absolute Gasteiger partial charge is 0.334 e. The Labute approximate surface area is 183 Å². The number of hydrogen-bond donors (Lipinski definition) is 1. The number of piperazine rings is 1. The van der Waals surface area contributed by atoms with Gasteiger partial charge in [0.15, 0.2) is 0 Å². The minimum Gasteiger partial charge on any atom is -0.334 e. The van der Waals surface area contributed by atoms with Crippen molar-refractivity contribution in [2.45, 2.75) is 12.6 Å². The van der Waals surface area contributed by atoms with Crippen LogP contribution in [0.1, 0.15) is 22.7 Å². The van der Waals surface area contributed by atoms with Gasteiger partial charge in [0.25, 0.3) is 0 Å². The van der Waals surface area contributed by atoms with Gasteiger partial charge in [-0.1, -0.05) is 84.4 Å². The molecule has 1 heterocycles. The first kappa shape index (κ1) is 20.5. The molecule has 0 aromatic heterocycles. The molecule has 0 radical (unpaired) electrons. The number of urea groups is 1. The molecule has 5 heteroatoms. The number of nitrogens with one attached hydrogen (secondary N) is 1. The lowest BCUT2D eigenvalue weighted by atomic mass is 9.96. The van der Waals surface area contributed by atoms with E-state index in [1.165, 1.54) is 11.1 Å². The Balaban J connectivity index is 1.41. The summed E-state index contributed by atoms with van der Waals surface area (Å²) in [7, 11) is 0. The molecular weight excluding hydrogens is 394 g/mol. The third kappa shape index (κ3) is 5.02. The Morgan fingerprint density at radius 1 is 0.800 bits per heavy atom. The second-order valence-corrected chi connectivity index (χ2v) is 7.97. The molecule has 1 saturated heterocycles. The van der Waals surface area contributed by atoms with Crippen molar-refractivity contribution in [3.63, 3.8) is 0 Å². The van der Waals surface area contributed by atoms with Crippen LogP contribution in [0.15, 0.2) is 84.9 Å². The van der Waals surface area contributed by atoms with Gasteiger partial charge in [-0.05, 0) is 28.8 Å². The molecular formula is C25H26ClN3O. The monoisotopic (exact) mass is 419 g/mol. The van der Waals surface area contributed by atoms with E-state index in [9.17, 15) is 4.79 Å². The SMILES string of the molecule is O=C(NCc1ccccc1)N1CCN([C@H](c2ccccc2)c2ccc(Cl)cc2)CC1. The number of halogens is 1. The van der Waals surface area contributed by atoms with Gasteiger partial charge in [-0.2, -0.15) is 0 Å². The Morgan fingerprint density at radius 3 is 2.00 bits per heavy atom. The molecule has 154 valence electrons. The van der Waals surface area contributed by atoms with Crippen LogP contribution in [0.25, 0.3) is 0 Å². The molecule has 0 saturated carbocycles. The third-order valence-electron chi connectivity index (χ3n) is 5.55. The molecule has 1 N–H and O–H groups in total. The highest BCUT2D eigenvalue weighted by Gasteiger charge is 2.28. The lowest BCUT2D eigenvalue weighted by molar-refractivity contribution is 0.120. The Hall–Kier alpha value is -2.82. The first-order chi connectivity index (χ1) is 14.7. The molecule has 0 bridgehead atoms. The number of amides is 2. The lowest BCUT2D eigenvalue weighted by Gasteiger charge is -2.39. The van der Waals surface area contributed by atoms with E-state index in [1.807, 2.05) is 53.4 Å². The van der Waals surface area contributed by atoms with E-state index >= 15 is 0 Å². The number of carbonyl (C=O) groups excluding carboxylic acids is 1. The van der Waals surface area contributed by atoms with E-state index < -0.39 is 0 Å². The summed E-state index contributed by atoms with van der Waals surface area (Å²) in [5.41, 5.74) is 3.57. The molecule has 2 amide bonds. The van der Waals surface area contributed by atoms with Crippen molar-refractivity contribution in [2.24, 2.45) is 0 Å². The maximum absolute atomic E-state index is 12.6. The Kier molecular flexibility index (Phi) is 6.67. The predicted molar refractivity (Wildman–Crippen MR) is 122 cm³/mol. The van der Waals surface area contributed by atoms with Gasteiger partial charge in [-0.3, -0.25) is 4.90 Å². The molecule has 3 aromatic rings. The number of benzene rings is 3. The van der Waals surface area contributed by atoms with Gasteiger partial charge in [-0.15, -0.1) is 0 Å². The van der Waals surface area contributed by atoms with E-state index in [0.717, 1.165) is 23.7 Å². The molecule has 4 rings (SSSR count). The zero-order chi connectivity index (χ0) is 20.8. The van der Waals surface area contributed by atoms with Gasteiger partial charge >= 0.3 is 6.03 Å². The Bertz CT molecular complexity index is 939. The van der Waals surface area contributed by atoms with E-state index in [4.69, 9.17) is 11.6 Å². The van der Waals surface area contributed by atoms with Gasteiger partial charge in [0.1, 0.15) is 0 Å². The van der Waals surface area contributed by atoms with Crippen molar-refractivity contribution in [1.82, 2.24) is 15.1 Å². The minimum atomic E-state index is 0.00116. The summed E-state index contributed by atoms with van der Waals surface area (Å²) >= 11 is 6.11. The second kappa shape index (κ2) is 9.79. The van der Waals surface area contributed by atoms with Crippen molar-refractivity contribution in [3.8, 4) is 0 Å². The quantitative estimate of drug-likeness (QED) is 0.634. The normalized spacial score (nSPS) is 15.6. The van der Waals surface area contributed by atoms with E-state index in [1.54, 1.807) is 0 Å². The number of hydrogen-bond acceptors (Lipinski definition) is 2. The first-order valence-electron chi connectivity index (χ1n) is 10.3. The molecule has 0 aliphatic carbocycles. The van der Waals surface area contributed by atoms with Crippen LogP contribution in [0.3, 0.4) is 0 Å². The van der Waals surface area contributed by atoms with E-state index in [2.05, 4.69) is 46.6 Å². The summed E-state index contributed by atoms with van der Waals surface area (Å²) in [6.45, 7) is 3.61. The molecule has 1 atom stereocenters. The summed E-state index contributed by atoms with van der Waals surface area (Å²) in [6, 6.07) is 28.8. The van der Waals surface area contributed by atoms with Gasteiger partial charge in [0.2, 0.25) is 0 Å². The topological polar surface area (TPSA) is 35.6 Å². The fraction of sp³-hybridized carbons (Fsp3) is 0.240. The fourth-order valence-electron chi connectivity index (χ4n) is 3.96. The van der Waals surface area contributed by atoms with Crippen molar-refractivity contribution in [3.05, 3.63) is 107 Å². The summed E-state index contributed by atoms with van der Waals surface area (Å²) in [5.74, 6) is 0. The molecule has 0 spiro atoms. The molecule has 1 fully saturated rings. The lowest BCUT2D eigenvalue weighted by Crippen LogP contribution is -2.52. The molecule has 3 aromatic carbocycles. The second-order valence-electron chi connectivity index (χ2n) is 7.53. The van der Waals surface area contributed by atoms with Gasteiger partial charge < -0.3 is 10.2 Å². The Morgan fingerprint density at radius 2 is 1.37 bits per heavy atom. The number of rotatable bonds is 5. The maximum Gasteiger partial charge on any atom is 0.317 e. The van der Waals surface area contributed by atoms with Crippen LogP contribution in [0.4, 0.5) is 4.79 Å².